The highest BCUT2D eigenvalue weighted by Crippen LogP contribution is 2.29. The van der Waals surface area contributed by atoms with Gasteiger partial charge in [0.25, 0.3) is 5.91 Å². The number of likely N-dealkylation sites (tertiary alicyclic amines) is 1. The number of nitrogens with two attached hydrogens (primary N) is 1. The highest BCUT2D eigenvalue weighted by molar-refractivity contribution is 6.09. The minimum Gasteiger partial charge on any atom is -0.341 e. The van der Waals surface area contributed by atoms with Gasteiger partial charge in [-0.1, -0.05) is 12.1 Å². The number of urea groups is 1. The Hall–Kier alpha value is -2.19. The fourth-order valence-electron chi connectivity index (χ4n) is 3.20. The van der Waals surface area contributed by atoms with E-state index in [1.807, 2.05) is 0 Å². The summed E-state index contributed by atoms with van der Waals surface area (Å²) in [4.78, 5) is 39.9. The Morgan fingerprint density at radius 3 is 2.42 bits per heavy atom. The molecule has 4 amide bonds. The lowest BCUT2D eigenvalue weighted by Crippen LogP contribution is -2.48. The average molecular weight is 385 g/mol. The molecule has 0 spiro atoms. The lowest BCUT2D eigenvalue weighted by molar-refractivity contribution is -0.139. The van der Waals surface area contributed by atoms with Gasteiger partial charge in [0.1, 0.15) is 17.9 Å². The maximum Gasteiger partial charge on any atom is 0.325 e. The van der Waals surface area contributed by atoms with Gasteiger partial charge in [0.2, 0.25) is 5.91 Å². The average Bonchev–Trinajstić information content (AvgIpc) is 2.80. The Balaban J connectivity index is 0.00000243. The number of piperidine rings is 1. The number of imide groups is 1. The van der Waals surface area contributed by atoms with Gasteiger partial charge in [-0.3, -0.25) is 14.5 Å². The fourth-order valence-corrected chi connectivity index (χ4v) is 3.20. The molecule has 2 fully saturated rings. The van der Waals surface area contributed by atoms with E-state index in [-0.39, 0.29) is 30.9 Å². The zero-order valence-electron chi connectivity index (χ0n) is 14.4. The van der Waals surface area contributed by atoms with Crippen molar-refractivity contribution in [2.24, 2.45) is 5.73 Å². The van der Waals surface area contributed by atoms with Crippen molar-refractivity contribution in [2.45, 2.75) is 31.3 Å². The van der Waals surface area contributed by atoms with Crippen LogP contribution in [0.2, 0.25) is 0 Å². The van der Waals surface area contributed by atoms with Gasteiger partial charge >= 0.3 is 6.03 Å². The van der Waals surface area contributed by atoms with Crippen LogP contribution in [0.15, 0.2) is 24.3 Å². The Labute approximate surface area is 157 Å². The standard InChI is InChI=1S/C17H21FN4O3.ClH/c1-17(11-2-4-12(18)5-3-11)15(24)22(16(25)20-17)10-14(23)21-8-6-13(19)7-9-21;/h2-5,13H,6-10,19H2,1H3,(H,20,25);1H. The Morgan fingerprint density at radius 2 is 1.85 bits per heavy atom. The highest BCUT2D eigenvalue weighted by Gasteiger charge is 2.49. The second kappa shape index (κ2) is 7.59. The topological polar surface area (TPSA) is 95.7 Å². The first kappa shape index (κ1) is 20.1. The van der Waals surface area contributed by atoms with Crippen LogP contribution in [0.3, 0.4) is 0 Å². The van der Waals surface area contributed by atoms with E-state index in [1.165, 1.54) is 24.3 Å². The Morgan fingerprint density at radius 1 is 1.27 bits per heavy atom. The van der Waals surface area contributed by atoms with Crippen LogP contribution in [-0.2, 0) is 15.1 Å². The molecule has 3 N–H and O–H groups in total. The molecule has 0 radical (unpaired) electrons. The molecular formula is C17H22ClFN4O3. The van der Waals surface area contributed by atoms with Gasteiger partial charge < -0.3 is 16.0 Å². The molecule has 3 rings (SSSR count). The third kappa shape index (κ3) is 3.66. The lowest BCUT2D eigenvalue weighted by Gasteiger charge is -2.31. The normalized spacial score (nSPS) is 23.7. The molecule has 9 heteroatoms. The molecule has 0 aliphatic carbocycles. The van der Waals surface area contributed by atoms with E-state index in [2.05, 4.69) is 5.32 Å². The summed E-state index contributed by atoms with van der Waals surface area (Å²) >= 11 is 0. The van der Waals surface area contributed by atoms with Crippen LogP contribution in [0.1, 0.15) is 25.3 Å². The molecule has 1 atom stereocenters. The first-order valence-corrected chi connectivity index (χ1v) is 8.25. The molecule has 1 unspecified atom stereocenters. The second-order valence-corrected chi connectivity index (χ2v) is 6.67. The van der Waals surface area contributed by atoms with Gasteiger partial charge in [-0.2, -0.15) is 0 Å². The summed E-state index contributed by atoms with van der Waals surface area (Å²) in [6.45, 7) is 2.29. The smallest absolute Gasteiger partial charge is 0.325 e. The van der Waals surface area contributed by atoms with Crippen molar-refractivity contribution in [1.82, 2.24) is 15.1 Å². The van der Waals surface area contributed by atoms with Crippen LogP contribution in [0.5, 0.6) is 0 Å². The number of rotatable bonds is 3. The number of benzene rings is 1. The summed E-state index contributed by atoms with van der Waals surface area (Å²) in [7, 11) is 0. The summed E-state index contributed by atoms with van der Waals surface area (Å²) < 4.78 is 13.1. The molecule has 0 saturated carbocycles. The first-order valence-electron chi connectivity index (χ1n) is 8.25. The zero-order valence-corrected chi connectivity index (χ0v) is 15.2. The number of nitrogens with zero attached hydrogens (tertiary/aromatic N) is 2. The Bertz CT molecular complexity index is 706. The second-order valence-electron chi connectivity index (χ2n) is 6.67. The zero-order chi connectivity index (χ0) is 18.2. The van der Waals surface area contributed by atoms with E-state index in [4.69, 9.17) is 5.73 Å². The summed E-state index contributed by atoms with van der Waals surface area (Å²) in [5.41, 5.74) is 4.98. The van der Waals surface area contributed by atoms with E-state index in [9.17, 15) is 18.8 Å². The van der Waals surface area contributed by atoms with Gasteiger partial charge in [-0.25, -0.2) is 9.18 Å². The van der Waals surface area contributed by atoms with Gasteiger partial charge in [0, 0.05) is 19.1 Å². The summed E-state index contributed by atoms with van der Waals surface area (Å²) in [5.74, 6) is -1.23. The molecule has 1 aromatic carbocycles. The summed E-state index contributed by atoms with van der Waals surface area (Å²) in [6.07, 6.45) is 1.42. The summed E-state index contributed by atoms with van der Waals surface area (Å²) in [6, 6.07) is 4.81. The molecule has 0 aromatic heterocycles. The van der Waals surface area contributed by atoms with Crippen LogP contribution in [0.25, 0.3) is 0 Å². The van der Waals surface area contributed by atoms with E-state index in [1.54, 1.807) is 11.8 Å². The van der Waals surface area contributed by atoms with Crippen molar-refractivity contribution >= 4 is 30.3 Å². The molecule has 2 heterocycles. The van der Waals surface area contributed by atoms with Crippen LogP contribution in [-0.4, -0.2) is 53.3 Å². The Kier molecular flexibility index (Phi) is 5.87. The molecule has 2 saturated heterocycles. The van der Waals surface area contributed by atoms with Crippen molar-refractivity contribution in [3.05, 3.63) is 35.6 Å². The van der Waals surface area contributed by atoms with Crippen molar-refractivity contribution in [2.75, 3.05) is 19.6 Å². The number of hydrogen-bond donors (Lipinski definition) is 2. The maximum atomic E-state index is 13.1. The maximum absolute atomic E-state index is 13.1. The van der Waals surface area contributed by atoms with Crippen molar-refractivity contribution in [3.8, 4) is 0 Å². The third-order valence-electron chi connectivity index (χ3n) is 4.88. The van der Waals surface area contributed by atoms with Gasteiger partial charge in [0.15, 0.2) is 0 Å². The minimum atomic E-state index is -1.31. The van der Waals surface area contributed by atoms with Crippen molar-refractivity contribution < 1.29 is 18.8 Å². The van der Waals surface area contributed by atoms with Gasteiger partial charge in [-0.05, 0) is 37.5 Å². The molecule has 26 heavy (non-hydrogen) atoms. The van der Waals surface area contributed by atoms with Crippen LogP contribution < -0.4 is 11.1 Å². The predicted molar refractivity (Wildman–Crippen MR) is 95.0 cm³/mol. The van der Waals surface area contributed by atoms with E-state index in [0.717, 1.165) is 4.90 Å². The van der Waals surface area contributed by atoms with Crippen LogP contribution in [0, 0.1) is 5.82 Å². The number of halogens is 2. The largest absolute Gasteiger partial charge is 0.341 e. The molecule has 2 aliphatic heterocycles. The van der Waals surface area contributed by atoms with Crippen molar-refractivity contribution in [3.63, 3.8) is 0 Å². The number of carbonyl (C=O) groups excluding carboxylic acids is 3. The molecule has 142 valence electrons. The van der Waals surface area contributed by atoms with Crippen molar-refractivity contribution in [1.29, 1.82) is 0 Å². The SMILES string of the molecule is CC1(c2ccc(F)cc2)NC(=O)N(CC(=O)N2CCC(N)CC2)C1=O.Cl. The van der Waals surface area contributed by atoms with Gasteiger partial charge in [-0.15, -0.1) is 12.4 Å². The van der Waals surface area contributed by atoms with E-state index >= 15 is 0 Å². The minimum absolute atomic E-state index is 0. The third-order valence-corrected chi connectivity index (χ3v) is 4.88. The molecule has 7 nitrogen and oxygen atoms in total. The summed E-state index contributed by atoms with van der Waals surface area (Å²) in [5, 5.41) is 2.61. The van der Waals surface area contributed by atoms with E-state index < -0.39 is 23.3 Å². The molecule has 1 aromatic rings. The number of nitrogens with one attached hydrogen (secondary N) is 1. The predicted octanol–water partition coefficient (Wildman–Crippen LogP) is 0.964. The number of hydrogen-bond acceptors (Lipinski definition) is 4. The van der Waals surface area contributed by atoms with E-state index in [0.29, 0.717) is 31.5 Å². The fraction of sp³-hybridized carbons (Fsp3) is 0.471. The molecule has 2 aliphatic rings. The molecular weight excluding hydrogens is 363 g/mol. The quantitative estimate of drug-likeness (QED) is 0.759. The van der Waals surface area contributed by atoms with Crippen LogP contribution >= 0.6 is 12.4 Å². The van der Waals surface area contributed by atoms with Gasteiger partial charge in [0.05, 0.1) is 0 Å². The lowest BCUT2D eigenvalue weighted by atomic mass is 9.92. The highest BCUT2D eigenvalue weighted by atomic mass is 35.5. The molecule has 0 bridgehead atoms. The monoisotopic (exact) mass is 384 g/mol. The number of amides is 4. The van der Waals surface area contributed by atoms with Crippen LogP contribution in [0.4, 0.5) is 9.18 Å². The number of carbonyl (C=O) groups is 3. The first-order chi connectivity index (χ1) is 11.8.